The largest absolute Gasteiger partial charge is 0.463 e. The molecule has 0 aliphatic carbocycles. The molecule has 0 spiro atoms. The van der Waals surface area contributed by atoms with Gasteiger partial charge in [-0.2, -0.15) is 5.26 Å². The van der Waals surface area contributed by atoms with Crippen LogP contribution in [0.1, 0.15) is 13.8 Å². The minimum atomic E-state index is -0.817. The lowest BCUT2D eigenvalue weighted by molar-refractivity contribution is -0.140. The number of ether oxygens (including phenoxy) is 2. The van der Waals surface area contributed by atoms with Crippen molar-refractivity contribution in [1.29, 1.82) is 5.26 Å². The van der Waals surface area contributed by atoms with Crippen molar-refractivity contribution < 1.29 is 19.1 Å². The summed E-state index contributed by atoms with van der Waals surface area (Å²) in [6.07, 6.45) is 0.821. The molecule has 0 aromatic rings. The lowest BCUT2D eigenvalue weighted by Gasteiger charge is -1.99. The van der Waals surface area contributed by atoms with Crippen molar-refractivity contribution in [3.8, 4) is 6.07 Å². The fourth-order valence-electron chi connectivity index (χ4n) is 0.647. The molecule has 0 rings (SSSR count). The number of rotatable bonds is 4. The Hall–Kier alpha value is -1.83. The van der Waals surface area contributed by atoms with Gasteiger partial charge in [0.05, 0.1) is 13.2 Å². The Balaban J connectivity index is 4.48. The highest BCUT2D eigenvalue weighted by molar-refractivity contribution is 5.99. The summed E-state index contributed by atoms with van der Waals surface area (Å²) in [5.74, 6) is -1.54. The molecule has 0 aliphatic rings. The summed E-state index contributed by atoms with van der Waals surface area (Å²) in [5, 5.41) is 8.51. The Morgan fingerprint density at radius 1 is 1.29 bits per heavy atom. The van der Waals surface area contributed by atoms with Crippen LogP contribution in [-0.2, 0) is 19.1 Å². The van der Waals surface area contributed by atoms with Gasteiger partial charge in [-0.1, -0.05) is 0 Å². The van der Waals surface area contributed by atoms with E-state index in [4.69, 9.17) is 5.26 Å². The molecule has 0 aliphatic heterocycles. The Bertz CT molecular complexity index is 288. The highest BCUT2D eigenvalue weighted by Crippen LogP contribution is 1.97. The molecule has 0 fully saturated rings. The van der Waals surface area contributed by atoms with E-state index in [2.05, 4.69) is 9.47 Å². The predicted molar refractivity (Wildman–Crippen MR) is 47.0 cm³/mol. The first-order chi connectivity index (χ1) is 6.65. The van der Waals surface area contributed by atoms with Crippen LogP contribution in [0.25, 0.3) is 0 Å². The molecule has 0 bridgehead atoms. The molecular formula is C9H11NO4. The number of carbonyl (C=O) groups excluding carboxylic acids is 2. The molecule has 0 atom stereocenters. The standard InChI is InChI=1S/C9H11NO4/c1-3-13-8(11)5-7(6-10)9(12)14-4-2/h5H,3-4H2,1-2H3/b7-5+. The fourth-order valence-corrected chi connectivity index (χ4v) is 0.647. The average Bonchev–Trinajstić information content (AvgIpc) is 2.15. The fraction of sp³-hybridized carbons (Fsp3) is 0.444. The normalized spacial score (nSPS) is 10.2. The monoisotopic (exact) mass is 197 g/mol. The lowest BCUT2D eigenvalue weighted by Crippen LogP contribution is -2.09. The van der Waals surface area contributed by atoms with E-state index in [1.165, 1.54) is 0 Å². The van der Waals surface area contributed by atoms with Crippen LogP contribution >= 0.6 is 0 Å². The predicted octanol–water partition coefficient (Wildman–Crippen LogP) is 0.563. The minimum Gasteiger partial charge on any atom is -0.463 e. The number of hydrogen-bond donors (Lipinski definition) is 0. The van der Waals surface area contributed by atoms with Crippen molar-refractivity contribution in [3.05, 3.63) is 11.6 Å². The second kappa shape index (κ2) is 6.66. The van der Waals surface area contributed by atoms with Crippen LogP contribution in [0, 0.1) is 11.3 Å². The maximum absolute atomic E-state index is 11.0. The summed E-state index contributed by atoms with van der Waals surface area (Å²) in [7, 11) is 0. The van der Waals surface area contributed by atoms with Gasteiger partial charge in [0.15, 0.2) is 0 Å². The molecule has 0 radical (unpaired) electrons. The van der Waals surface area contributed by atoms with Crippen LogP contribution < -0.4 is 0 Å². The third-order valence-corrected chi connectivity index (χ3v) is 1.16. The highest BCUT2D eigenvalue weighted by atomic mass is 16.5. The highest BCUT2D eigenvalue weighted by Gasteiger charge is 2.12. The number of nitrogens with zero attached hydrogens (tertiary/aromatic N) is 1. The van der Waals surface area contributed by atoms with Crippen LogP contribution in [0.5, 0.6) is 0 Å². The van der Waals surface area contributed by atoms with Gasteiger partial charge in [-0.05, 0) is 13.8 Å². The molecule has 76 valence electrons. The van der Waals surface area contributed by atoms with Crippen molar-refractivity contribution in [2.75, 3.05) is 13.2 Å². The van der Waals surface area contributed by atoms with Gasteiger partial charge >= 0.3 is 11.9 Å². The van der Waals surface area contributed by atoms with Gasteiger partial charge in [0.1, 0.15) is 11.6 Å². The zero-order valence-corrected chi connectivity index (χ0v) is 8.07. The number of carbonyl (C=O) groups is 2. The first kappa shape index (κ1) is 12.2. The second-order valence-corrected chi connectivity index (χ2v) is 2.14. The number of nitriles is 1. The Kier molecular flexibility index (Phi) is 5.79. The third-order valence-electron chi connectivity index (χ3n) is 1.16. The summed E-state index contributed by atoms with van der Waals surface area (Å²) in [6, 6.07) is 1.56. The second-order valence-electron chi connectivity index (χ2n) is 2.14. The summed E-state index contributed by atoms with van der Waals surface area (Å²) < 4.78 is 9.06. The zero-order valence-electron chi connectivity index (χ0n) is 8.07. The maximum Gasteiger partial charge on any atom is 0.349 e. The van der Waals surface area contributed by atoms with Crippen LogP contribution in [0.2, 0.25) is 0 Å². The molecule has 5 heteroatoms. The van der Waals surface area contributed by atoms with Crippen LogP contribution in [0.15, 0.2) is 11.6 Å². The summed E-state index contributed by atoms with van der Waals surface area (Å²) in [4.78, 5) is 21.9. The molecule has 0 heterocycles. The molecule has 0 aromatic heterocycles. The van der Waals surface area contributed by atoms with Gasteiger partial charge in [0.25, 0.3) is 0 Å². The minimum absolute atomic E-state index is 0.153. The van der Waals surface area contributed by atoms with E-state index in [0.717, 1.165) is 6.08 Å². The average molecular weight is 197 g/mol. The van der Waals surface area contributed by atoms with E-state index in [9.17, 15) is 9.59 Å². The maximum atomic E-state index is 11.0. The molecule has 0 saturated carbocycles. The van der Waals surface area contributed by atoms with Gasteiger partial charge < -0.3 is 9.47 Å². The first-order valence-corrected chi connectivity index (χ1v) is 4.11. The smallest absolute Gasteiger partial charge is 0.349 e. The quantitative estimate of drug-likeness (QED) is 0.374. The van der Waals surface area contributed by atoms with Crippen molar-refractivity contribution >= 4 is 11.9 Å². The van der Waals surface area contributed by atoms with Gasteiger partial charge in [-0.15, -0.1) is 0 Å². The van der Waals surface area contributed by atoms with Crippen LogP contribution in [0.3, 0.4) is 0 Å². The lowest BCUT2D eigenvalue weighted by atomic mass is 10.3. The molecular weight excluding hydrogens is 186 g/mol. The van der Waals surface area contributed by atoms with Crippen LogP contribution in [-0.4, -0.2) is 25.2 Å². The van der Waals surface area contributed by atoms with Crippen molar-refractivity contribution in [3.63, 3.8) is 0 Å². The van der Waals surface area contributed by atoms with E-state index in [0.29, 0.717) is 0 Å². The molecule has 0 amide bonds. The van der Waals surface area contributed by atoms with Crippen molar-refractivity contribution in [2.24, 2.45) is 0 Å². The Morgan fingerprint density at radius 3 is 2.29 bits per heavy atom. The van der Waals surface area contributed by atoms with E-state index in [1.54, 1.807) is 19.9 Å². The van der Waals surface area contributed by atoms with E-state index in [-0.39, 0.29) is 18.8 Å². The van der Waals surface area contributed by atoms with Crippen LogP contribution in [0.4, 0.5) is 0 Å². The number of hydrogen-bond acceptors (Lipinski definition) is 5. The summed E-state index contributed by atoms with van der Waals surface area (Å²) in [5.41, 5.74) is -0.356. The van der Waals surface area contributed by atoms with Gasteiger partial charge in [0, 0.05) is 6.08 Å². The zero-order chi connectivity index (χ0) is 11.0. The van der Waals surface area contributed by atoms with Gasteiger partial charge in [0.2, 0.25) is 0 Å². The molecule has 0 aromatic carbocycles. The Morgan fingerprint density at radius 2 is 1.86 bits per heavy atom. The molecule has 14 heavy (non-hydrogen) atoms. The van der Waals surface area contributed by atoms with Crippen molar-refractivity contribution in [1.82, 2.24) is 0 Å². The van der Waals surface area contributed by atoms with E-state index in [1.807, 2.05) is 0 Å². The number of esters is 2. The summed E-state index contributed by atoms with van der Waals surface area (Å²) in [6.45, 7) is 3.58. The van der Waals surface area contributed by atoms with E-state index < -0.39 is 11.9 Å². The summed E-state index contributed by atoms with van der Waals surface area (Å²) >= 11 is 0. The molecule has 0 N–H and O–H groups in total. The van der Waals surface area contributed by atoms with Gasteiger partial charge in [-0.3, -0.25) is 0 Å². The van der Waals surface area contributed by atoms with Gasteiger partial charge in [-0.25, -0.2) is 9.59 Å². The molecule has 5 nitrogen and oxygen atoms in total. The van der Waals surface area contributed by atoms with E-state index >= 15 is 0 Å². The SMILES string of the molecule is CCOC(=O)/C=C(\C#N)C(=O)OCC. The third kappa shape index (κ3) is 4.26. The molecule has 0 saturated heterocycles. The first-order valence-electron chi connectivity index (χ1n) is 4.11. The molecule has 0 unspecified atom stereocenters. The topological polar surface area (TPSA) is 76.4 Å². The van der Waals surface area contributed by atoms with Crippen molar-refractivity contribution in [2.45, 2.75) is 13.8 Å². The Labute approximate surface area is 81.9 Å².